The lowest BCUT2D eigenvalue weighted by molar-refractivity contribution is 0.399. The number of allylic oxidation sites excluding steroid dienone is 1. The van der Waals surface area contributed by atoms with Gasteiger partial charge in [0.2, 0.25) is 0 Å². The lowest BCUT2D eigenvalue weighted by atomic mass is 10.2. The van der Waals surface area contributed by atoms with Crippen molar-refractivity contribution in [3.63, 3.8) is 0 Å². The van der Waals surface area contributed by atoms with Crippen LogP contribution in [-0.2, 0) is 0 Å². The van der Waals surface area contributed by atoms with Crippen LogP contribution in [0.1, 0.15) is 11.3 Å². The molecule has 0 aliphatic heterocycles. The third-order valence-corrected chi connectivity index (χ3v) is 2.00. The van der Waals surface area contributed by atoms with Crippen LogP contribution >= 0.6 is 0 Å². The predicted octanol–water partition coefficient (Wildman–Crippen LogP) is 3.40. The summed E-state index contributed by atoms with van der Waals surface area (Å²) >= 11 is 0. The first kappa shape index (κ1) is 10.4. The maximum atomic E-state index is 4.89. The Morgan fingerprint density at radius 1 is 1.25 bits per heavy atom. The highest BCUT2D eigenvalue weighted by molar-refractivity contribution is 5.79. The van der Waals surface area contributed by atoms with E-state index >= 15 is 0 Å². The van der Waals surface area contributed by atoms with Gasteiger partial charge >= 0.3 is 0 Å². The van der Waals surface area contributed by atoms with Crippen molar-refractivity contribution in [3.05, 3.63) is 53.8 Å². The summed E-state index contributed by atoms with van der Waals surface area (Å²) in [5.74, 6) is 1.36. The molecule has 1 heterocycles. The van der Waals surface area contributed by atoms with Crippen molar-refractivity contribution in [1.82, 2.24) is 5.16 Å². The van der Waals surface area contributed by atoms with Gasteiger partial charge in [0.15, 0.2) is 5.82 Å². The highest BCUT2D eigenvalue weighted by Gasteiger charge is 1.93. The molecule has 0 aliphatic rings. The number of hydrogen-bond donors (Lipinski definition) is 0. The van der Waals surface area contributed by atoms with Gasteiger partial charge in [-0.05, 0) is 18.6 Å². The normalized spacial score (nSPS) is 11.6. The molecule has 1 aromatic carbocycles. The van der Waals surface area contributed by atoms with E-state index in [0.717, 1.165) is 11.3 Å². The fourth-order valence-electron chi connectivity index (χ4n) is 1.25. The minimum atomic E-state index is 0.593. The van der Waals surface area contributed by atoms with Crippen LogP contribution in [0.25, 0.3) is 6.08 Å². The van der Waals surface area contributed by atoms with Gasteiger partial charge in [0.1, 0.15) is 5.76 Å². The minimum absolute atomic E-state index is 0.593. The maximum Gasteiger partial charge on any atom is 0.195 e. The number of nitrogens with zero attached hydrogens (tertiary/aromatic N) is 2. The summed E-state index contributed by atoms with van der Waals surface area (Å²) in [7, 11) is 0. The third kappa shape index (κ3) is 2.92. The van der Waals surface area contributed by atoms with E-state index in [9.17, 15) is 0 Å². The van der Waals surface area contributed by atoms with Gasteiger partial charge in [0.05, 0.1) is 0 Å². The predicted molar refractivity (Wildman–Crippen MR) is 64.9 cm³/mol. The molecule has 0 saturated carbocycles. The van der Waals surface area contributed by atoms with Crippen molar-refractivity contribution in [2.24, 2.45) is 4.99 Å². The van der Waals surface area contributed by atoms with Gasteiger partial charge in [-0.3, -0.25) is 0 Å². The van der Waals surface area contributed by atoms with Gasteiger partial charge in [0, 0.05) is 12.3 Å². The molecular weight excluding hydrogens is 200 g/mol. The van der Waals surface area contributed by atoms with Gasteiger partial charge in [-0.1, -0.05) is 41.6 Å². The monoisotopic (exact) mass is 212 g/mol. The number of rotatable bonds is 3. The molecule has 3 heteroatoms. The second-order valence-electron chi connectivity index (χ2n) is 3.34. The Kier molecular flexibility index (Phi) is 3.28. The van der Waals surface area contributed by atoms with Crippen LogP contribution in [0.15, 0.2) is 52.0 Å². The molecule has 0 spiro atoms. The summed E-state index contributed by atoms with van der Waals surface area (Å²) in [4.78, 5) is 4.13. The van der Waals surface area contributed by atoms with E-state index in [-0.39, 0.29) is 0 Å². The van der Waals surface area contributed by atoms with Gasteiger partial charge in [-0.25, -0.2) is 4.99 Å². The number of aliphatic imine (C=N–C) groups is 1. The van der Waals surface area contributed by atoms with Crippen LogP contribution in [0.5, 0.6) is 0 Å². The Labute approximate surface area is 94.1 Å². The van der Waals surface area contributed by atoms with Gasteiger partial charge in [-0.2, -0.15) is 0 Å². The second-order valence-corrected chi connectivity index (χ2v) is 3.34. The molecule has 16 heavy (non-hydrogen) atoms. The van der Waals surface area contributed by atoms with Crippen LogP contribution in [0.2, 0.25) is 0 Å². The maximum absolute atomic E-state index is 4.89. The molecule has 0 unspecified atom stereocenters. The number of hydrogen-bond acceptors (Lipinski definition) is 3. The zero-order valence-corrected chi connectivity index (χ0v) is 9.00. The van der Waals surface area contributed by atoms with Crippen LogP contribution in [0.4, 0.5) is 5.82 Å². The Hall–Kier alpha value is -2.16. The quantitative estimate of drug-likeness (QED) is 0.731. The van der Waals surface area contributed by atoms with Crippen LogP contribution in [0.3, 0.4) is 0 Å². The van der Waals surface area contributed by atoms with E-state index in [1.807, 2.05) is 49.4 Å². The number of benzene rings is 1. The Morgan fingerprint density at radius 2 is 2.06 bits per heavy atom. The van der Waals surface area contributed by atoms with Crippen molar-refractivity contribution >= 4 is 18.1 Å². The van der Waals surface area contributed by atoms with E-state index in [1.165, 1.54) is 0 Å². The third-order valence-electron chi connectivity index (χ3n) is 2.00. The fourth-order valence-corrected chi connectivity index (χ4v) is 1.25. The van der Waals surface area contributed by atoms with Gasteiger partial charge in [0.25, 0.3) is 0 Å². The van der Waals surface area contributed by atoms with Crippen molar-refractivity contribution in [2.75, 3.05) is 0 Å². The van der Waals surface area contributed by atoms with Crippen molar-refractivity contribution in [1.29, 1.82) is 0 Å². The highest BCUT2D eigenvalue weighted by atomic mass is 16.5. The molecule has 80 valence electrons. The molecular formula is C13H12N2O. The first-order valence-electron chi connectivity index (χ1n) is 5.04. The molecule has 0 N–H and O–H groups in total. The van der Waals surface area contributed by atoms with Crippen LogP contribution < -0.4 is 0 Å². The lowest BCUT2D eigenvalue weighted by Gasteiger charge is -1.87. The molecule has 2 rings (SSSR count). The zero-order chi connectivity index (χ0) is 11.2. The Morgan fingerprint density at radius 3 is 2.75 bits per heavy atom. The summed E-state index contributed by atoms with van der Waals surface area (Å²) in [5.41, 5.74) is 1.14. The number of aromatic nitrogens is 1. The van der Waals surface area contributed by atoms with Crippen molar-refractivity contribution in [2.45, 2.75) is 6.92 Å². The Balaban J connectivity index is 1.97. The average Bonchev–Trinajstić information content (AvgIpc) is 2.72. The van der Waals surface area contributed by atoms with E-state index in [4.69, 9.17) is 4.52 Å². The molecule has 3 nitrogen and oxygen atoms in total. The first-order valence-corrected chi connectivity index (χ1v) is 5.04. The second kappa shape index (κ2) is 5.07. The standard InChI is InChI=1S/C13H12N2O/c1-11-10-13(15-16-11)14-9-5-8-12-6-3-2-4-7-12/h2-10H,1H3/b8-5+,14-9?. The Bertz CT molecular complexity index is 498. The molecule has 0 atom stereocenters. The van der Waals surface area contributed by atoms with E-state index in [1.54, 1.807) is 12.3 Å². The summed E-state index contributed by atoms with van der Waals surface area (Å²) in [5, 5.41) is 3.75. The zero-order valence-electron chi connectivity index (χ0n) is 9.00. The van der Waals surface area contributed by atoms with Crippen molar-refractivity contribution < 1.29 is 4.52 Å². The van der Waals surface area contributed by atoms with E-state index in [0.29, 0.717) is 5.82 Å². The fraction of sp³-hybridized carbons (Fsp3) is 0.0769. The largest absolute Gasteiger partial charge is 0.359 e. The van der Waals surface area contributed by atoms with E-state index < -0.39 is 0 Å². The highest BCUT2D eigenvalue weighted by Crippen LogP contribution is 2.09. The van der Waals surface area contributed by atoms with Gasteiger partial charge < -0.3 is 4.52 Å². The van der Waals surface area contributed by atoms with Crippen LogP contribution in [-0.4, -0.2) is 11.4 Å². The summed E-state index contributed by atoms with van der Waals surface area (Å²) in [6.07, 6.45) is 5.56. The molecule has 2 aromatic rings. The topological polar surface area (TPSA) is 38.4 Å². The smallest absolute Gasteiger partial charge is 0.195 e. The SMILES string of the molecule is Cc1cc(N=C/C=C/c2ccccc2)no1. The molecule has 0 fully saturated rings. The average molecular weight is 212 g/mol. The first-order chi connectivity index (χ1) is 7.84. The lowest BCUT2D eigenvalue weighted by Crippen LogP contribution is -1.69. The van der Waals surface area contributed by atoms with E-state index in [2.05, 4.69) is 10.1 Å². The molecule has 0 saturated heterocycles. The summed E-state index contributed by atoms with van der Waals surface area (Å²) in [6.45, 7) is 1.84. The summed E-state index contributed by atoms with van der Waals surface area (Å²) in [6, 6.07) is 11.8. The van der Waals surface area contributed by atoms with Gasteiger partial charge in [-0.15, -0.1) is 0 Å². The molecule has 0 aliphatic carbocycles. The minimum Gasteiger partial charge on any atom is -0.359 e. The van der Waals surface area contributed by atoms with Crippen LogP contribution in [0, 0.1) is 6.92 Å². The van der Waals surface area contributed by atoms with Crippen molar-refractivity contribution in [3.8, 4) is 0 Å². The molecule has 1 aromatic heterocycles. The molecule has 0 amide bonds. The molecule has 0 bridgehead atoms. The number of aryl methyl sites for hydroxylation is 1. The molecule has 0 radical (unpaired) electrons. The summed E-state index contributed by atoms with van der Waals surface area (Å²) < 4.78 is 4.89.